The minimum absolute atomic E-state index is 0. The second-order valence-corrected chi connectivity index (χ2v) is 10.8. The van der Waals surface area contributed by atoms with Crippen molar-refractivity contribution in [2.24, 2.45) is 5.92 Å². The second kappa shape index (κ2) is 14.1. The molecule has 1 saturated carbocycles. The van der Waals surface area contributed by atoms with Crippen molar-refractivity contribution < 1.29 is 31.9 Å². The predicted molar refractivity (Wildman–Crippen MR) is 151 cm³/mol. The first-order valence-electron chi connectivity index (χ1n) is 13.8. The monoisotopic (exact) mass is 596 g/mol. The summed E-state index contributed by atoms with van der Waals surface area (Å²) in [5.41, 5.74) is -1.33. The SMILES string of the molecule is C.COc1cc(C(=O)NC2CCN(C)CC2)c(F)cc1Nc1ncc(C(F)(F)F)c(C[C@@H]2CCCC[C@H]2NC(C)=O)n1. The average Bonchev–Trinajstić information content (AvgIpc) is 2.90. The summed E-state index contributed by atoms with van der Waals surface area (Å²) in [6, 6.07) is 1.95. The van der Waals surface area contributed by atoms with Crippen LogP contribution in [0.5, 0.6) is 5.75 Å². The van der Waals surface area contributed by atoms with Crippen LogP contribution in [0.4, 0.5) is 29.2 Å². The Kier molecular flexibility index (Phi) is 11.1. The molecule has 2 atom stereocenters. The maximum absolute atomic E-state index is 15.1. The van der Waals surface area contributed by atoms with Gasteiger partial charge in [-0.15, -0.1) is 0 Å². The molecule has 9 nitrogen and oxygen atoms in total. The topological polar surface area (TPSA) is 108 Å². The van der Waals surface area contributed by atoms with Gasteiger partial charge in [-0.25, -0.2) is 14.4 Å². The van der Waals surface area contributed by atoms with Crippen LogP contribution in [0, 0.1) is 11.7 Å². The number of likely N-dealkylation sites (tertiary alicyclic amines) is 1. The highest BCUT2D eigenvalue weighted by Gasteiger charge is 2.37. The summed E-state index contributed by atoms with van der Waals surface area (Å²) in [5.74, 6) is -1.95. The molecule has 1 saturated heterocycles. The first kappa shape index (κ1) is 33.0. The number of halogens is 4. The van der Waals surface area contributed by atoms with Crippen molar-refractivity contribution >= 4 is 23.5 Å². The Bertz CT molecular complexity index is 1250. The van der Waals surface area contributed by atoms with E-state index in [2.05, 4.69) is 30.8 Å². The highest BCUT2D eigenvalue weighted by Crippen LogP contribution is 2.36. The first-order valence-corrected chi connectivity index (χ1v) is 13.8. The Hall–Kier alpha value is -3.48. The molecule has 0 spiro atoms. The molecule has 0 radical (unpaired) electrons. The molecule has 4 rings (SSSR count). The average molecular weight is 597 g/mol. The van der Waals surface area contributed by atoms with Gasteiger partial charge in [-0.1, -0.05) is 20.3 Å². The molecule has 2 aromatic rings. The molecule has 2 amide bonds. The lowest BCUT2D eigenvalue weighted by Gasteiger charge is -2.32. The van der Waals surface area contributed by atoms with Crippen LogP contribution in [0.3, 0.4) is 0 Å². The molecule has 1 aromatic carbocycles. The molecule has 2 fully saturated rings. The van der Waals surface area contributed by atoms with Crippen LogP contribution >= 0.6 is 0 Å². The van der Waals surface area contributed by atoms with E-state index in [1.807, 2.05) is 7.05 Å². The molecule has 1 aliphatic carbocycles. The number of aromatic nitrogens is 2. The fourth-order valence-electron chi connectivity index (χ4n) is 5.55. The van der Waals surface area contributed by atoms with E-state index in [-0.39, 0.29) is 66.4 Å². The van der Waals surface area contributed by atoms with Gasteiger partial charge in [0.15, 0.2) is 0 Å². The van der Waals surface area contributed by atoms with E-state index in [0.717, 1.165) is 44.8 Å². The number of alkyl halides is 3. The number of methoxy groups -OCH3 is 1. The lowest BCUT2D eigenvalue weighted by Crippen LogP contribution is -2.43. The van der Waals surface area contributed by atoms with Crippen LogP contribution in [-0.2, 0) is 17.4 Å². The summed E-state index contributed by atoms with van der Waals surface area (Å²) in [4.78, 5) is 34.6. The van der Waals surface area contributed by atoms with Crippen molar-refractivity contribution in [2.45, 2.75) is 77.6 Å². The van der Waals surface area contributed by atoms with Crippen LogP contribution in [-0.4, -0.2) is 66.0 Å². The maximum Gasteiger partial charge on any atom is 0.419 e. The summed E-state index contributed by atoms with van der Waals surface area (Å²) in [7, 11) is 3.33. The summed E-state index contributed by atoms with van der Waals surface area (Å²) in [6.07, 6.45) is 0.546. The summed E-state index contributed by atoms with van der Waals surface area (Å²) in [5, 5.41) is 8.47. The van der Waals surface area contributed by atoms with Gasteiger partial charge in [-0.2, -0.15) is 13.2 Å². The van der Waals surface area contributed by atoms with Crippen molar-refractivity contribution in [2.75, 3.05) is 32.6 Å². The Labute approximate surface area is 243 Å². The smallest absolute Gasteiger partial charge is 0.419 e. The predicted octanol–water partition coefficient (Wildman–Crippen LogP) is 5.08. The van der Waals surface area contributed by atoms with E-state index in [1.54, 1.807) is 0 Å². The number of piperidine rings is 1. The largest absolute Gasteiger partial charge is 0.495 e. The summed E-state index contributed by atoms with van der Waals surface area (Å²) >= 11 is 0. The zero-order valence-corrected chi connectivity index (χ0v) is 23.4. The molecule has 232 valence electrons. The molecular formula is C29H40F4N6O3. The Morgan fingerprint density at radius 2 is 1.79 bits per heavy atom. The molecule has 3 N–H and O–H groups in total. The number of rotatable bonds is 8. The highest BCUT2D eigenvalue weighted by molar-refractivity contribution is 5.96. The summed E-state index contributed by atoms with van der Waals surface area (Å²) < 4.78 is 62.1. The molecule has 2 heterocycles. The summed E-state index contributed by atoms with van der Waals surface area (Å²) in [6.45, 7) is 3.03. The second-order valence-electron chi connectivity index (χ2n) is 10.8. The maximum atomic E-state index is 15.1. The number of carbonyl (C=O) groups is 2. The lowest BCUT2D eigenvalue weighted by atomic mass is 9.81. The number of benzene rings is 1. The molecule has 1 aromatic heterocycles. The minimum Gasteiger partial charge on any atom is -0.495 e. The van der Waals surface area contributed by atoms with Gasteiger partial charge in [0, 0.05) is 31.3 Å². The Morgan fingerprint density at radius 3 is 2.43 bits per heavy atom. The van der Waals surface area contributed by atoms with Crippen molar-refractivity contribution in [3.63, 3.8) is 0 Å². The van der Waals surface area contributed by atoms with Crippen LogP contribution in [0.2, 0.25) is 0 Å². The molecular weight excluding hydrogens is 556 g/mol. The van der Waals surface area contributed by atoms with Crippen LogP contribution < -0.4 is 20.7 Å². The van der Waals surface area contributed by atoms with Gasteiger partial charge in [0.05, 0.1) is 29.6 Å². The molecule has 0 bridgehead atoms. The zero-order chi connectivity index (χ0) is 29.7. The standard InChI is InChI=1S/C28H36F4N6O3.CH4/c1-16(39)34-22-7-5-4-6-17(22)12-23-20(28(30,31)32)15-33-27(36-23)37-24-14-21(29)19(13-25(24)41-3)26(40)35-18-8-10-38(2)11-9-18;/h13-15,17-18,22H,4-12H2,1-3H3,(H,34,39)(H,35,40)(H,33,36,37);1H4/t17-,22+;/m0./s1. The van der Waals surface area contributed by atoms with E-state index >= 15 is 4.39 Å². The van der Waals surface area contributed by atoms with Crippen molar-refractivity contribution in [3.05, 3.63) is 41.0 Å². The number of hydrogen-bond acceptors (Lipinski definition) is 7. The Balaban J connectivity index is 0.00000484. The third kappa shape index (κ3) is 8.30. The fourth-order valence-corrected chi connectivity index (χ4v) is 5.55. The molecule has 0 unspecified atom stereocenters. The van der Waals surface area contributed by atoms with Gasteiger partial charge in [0.2, 0.25) is 11.9 Å². The fraction of sp³-hybridized carbons (Fsp3) is 0.586. The quantitative estimate of drug-likeness (QED) is 0.365. The first-order chi connectivity index (χ1) is 19.4. The molecule has 13 heteroatoms. The molecule has 2 aliphatic rings. The van der Waals surface area contributed by atoms with Gasteiger partial charge < -0.3 is 25.6 Å². The van der Waals surface area contributed by atoms with Crippen LogP contribution in [0.1, 0.15) is 74.5 Å². The number of nitrogens with one attached hydrogen (secondary N) is 3. The number of anilines is 2. The van der Waals surface area contributed by atoms with Crippen molar-refractivity contribution in [1.82, 2.24) is 25.5 Å². The number of nitrogens with zero attached hydrogens (tertiary/aromatic N) is 3. The van der Waals surface area contributed by atoms with E-state index in [0.29, 0.717) is 19.0 Å². The lowest BCUT2D eigenvalue weighted by molar-refractivity contribution is -0.139. The van der Waals surface area contributed by atoms with Crippen molar-refractivity contribution in [1.29, 1.82) is 0 Å². The van der Waals surface area contributed by atoms with Gasteiger partial charge in [0.1, 0.15) is 11.6 Å². The number of ether oxygens (including phenoxy) is 1. The third-order valence-electron chi connectivity index (χ3n) is 7.76. The van der Waals surface area contributed by atoms with Crippen LogP contribution in [0.25, 0.3) is 0 Å². The van der Waals surface area contributed by atoms with Gasteiger partial charge >= 0.3 is 6.18 Å². The van der Waals surface area contributed by atoms with Gasteiger partial charge in [0.25, 0.3) is 5.91 Å². The highest BCUT2D eigenvalue weighted by atomic mass is 19.4. The van der Waals surface area contributed by atoms with E-state index < -0.39 is 23.5 Å². The third-order valence-corrected chi connectivity index (χ3v) is 7.76. The van der Waals surface area contributed by atoms with E-state index in [9.17, 15) is 22.8 Å². The van der Waals surface area contributed by atoms with Gasteiger partial charge in [-0.05, 0) is 64.2 Å². The Morgan fingerprint density at radius 1 is 1.10 bits per heavy atom. The minimum atomic E-state index is -4.68. The number of hydrogen-bond donors (Lipinski definition) is 3. The number of amides is 2. The normalized spacial score (nSPS) is 19.9. The van der Waals surface area contributed by atoms with E-state index in [4.69, 9.17) is 4.74 Å². The van der Waals surface area contributed by atoms with Crippen LogP contribution in [0.15, 0.2) is 18.3 Å². The zero-order valence-electron chi connectivity index (χ0n) is 23.4. The van der Waals surface area contributed by atoms with Crippen molar-refractivity contribution in [3.8, 4) is 5.75 Å². The molecule has 1 aliphatic heterocycles. The van der Waals surface area contributed by atoms with E-state index in [1.165, 1.54) is 20.1 Å². The molecule has 42 heavy (non-hydrogen) atoms. The van der Waals surface area contributed by atoms with Gasteiger partial charge in [-0.3, -0.25) is 9.59 Å². The number of carbonyl (C=O) groups excluding carboxylic acids is 2.